The van der Waals surface area contributed by atoms with Gasteiger partial charge >= 0.3 is 0 Å². The van der Waals surface area contributed by atoms with Crippen LogP contribution in [0.4, 0.5) is 0 Å². The maximum Gasteiger partial charge on any atom is 0.231 e. The van der Waals surface area contributed by atoms with Gasteiger partial charge in [0.2, 0.25) is 12.5 Å². The minimum absolute atomic E-state index is 0.0732. The molecule has 0 fully saturated rings. The van der Waals surface area contributed by atoms with Crippen molar-refractivity contribution in [2.45, 2.75) is 18.9 Å². The predicted molar refractivity (Wildman–Crippen MR) is 111 cm³/mol. The van der Waals surface area contributed by atoms with E-state index in [1.54, 1.807) is 27.4 Å². The molecule has 0 aliphatic carbocycles. The summed E-state index contributed by atoms with van der Waals surface area (Å²) in [6, 6.07) is 7.39. The Morgan fingerprint density at radius 2 is 2.00 bits per heavy atom. The van der Waals surface area contributed by atoms with Gasteiger partial charge in [-0.15, -0.1) is 0 Å². The first-order valence-corrected chi connectivity index (χ1v) is 9.74. The molecule has 2 heterocycles. The van der Waals surface area contributed by atoms with Gasteiger partial charge in [-0.3, -0.25) is 4.90 Å². The van der Waals surface area contributed by atoms with Crippen LogP contribution < -0.4 is 23.7 Å². The number of benzene rings is 2. The number of hydrogen-bond donors (Lipinski definition) is 1. The maximum absolute atomic E-state index is 9.88. The average Bonchev–Trinajstić information content (AvgIpc) is 3.25. The lowest BCUT2D eigenvalue weighted by Gasteiger charge is -2.36. The molecule has 0 saturated carbocycles. The number of nitrogens with zero attached hydrogens (tertiary/aromatic N) is 2. The first-order chi connectivity index (χ1) is 14.6. The number of methoxy groups -OCH3 is 3. The highest BCUT2D eigenvalue weighted by Crippen LogP contribution is 2.50. The number of oxime groups is 1. The Morgan fingerprint density at radius 3 is 2.70 bits per heavy atom. The monoisotopic (exact) mass is 414 g/mol. The lowest BCUT2D eigenvalue weighted by Crippen LogP contribution is -2.34. The summed E-state index contributed by atoms with van der Waals surface area (Å²) in [5.74, 6) is 3.26. The molecule has 1 unspecified atom stereocenters. The lowest BCUT2D eigenvalue weighted by molar-refractivity contribution is 0.170. The van der Waals surface area contributed by atoms with Crippen LogP contribution in [0.15, 0.2) is 29.4 Å². The van der Waals surface area contributed by atoms with Gasteiger partial charge in [0.25, 0.3) is 0 Å². The molecule has 2 aromatic carbocycles. The summed E-state index contributed by atoms with van der Waals surface area (Å²) >= 11 is 0. The van der Waals surface area contributed by atoms with Crippen molar-refractivity contribution in [2.24, 2.45) is 5.16 Å². The molecule has 160 valence electrons. The average molecular weight is 414 g/mol. The highest BCUT2D eigenvalue weighted by Gasteiger charge is 2.35. The number of rotatable bonds is 6. The summed E-state index contributed by atoms with van der Waals surface area (Å²) in [7, 11) is 6.87. The number of ether oxygens (including phenoxy) is 5. The fourth-order valence-electron chi connectivity index (χ4n) is 4.21. The van der Waals surface area contributed by atoms with Crippen LogP contribution in [-0.2, 0) is 6.42 Å². The van der Waals surface area contributed by atoms with Crippen LogP contribution in [0.3, 0.4) is 0 Å². The standard InChI is InChI=1S/C22H26N2O6/c1-24-8-7-13-9-19-21(30-12-29-19)22(28-4)20(13)17(24)11-16(23-25)15-6-5-14(26-2)10-18(15)27-3/h5-6,9-10,17,25H,7-8,11-12H2,1-4H3. The molecule has 0 spiro atoms. The molecule has 8 heteroatoms. The van der Waals surface area contributed by atoms with E-state index in [4.69, 9.17) is 23.7 Å². The van der Waals surface area contributed by atoms with Gasteiger partial charge in [-0.25, -0.2) is 0 Å². The first kappa shape index (κ1) is 20.2. The molecule has 2 aliphatic heterocycles. The summed E-state index contributed by atoms with van der Waals surface area (Å²) in [6.45, 7) is 1.04. The summed E-state index contributed by atoms with van der Waals surface area (Å²) in [5, 5.41) is 13.5. The number of likely N-dealkylation sites (N-methyl/N-ethyl adjacent to an activating group) is 1. The SMILES string of the molecule is COc1ccc(C(CC2c3c(cc4c(c3OC)OCO4)CCN2C)=NO)c(OC)c1. The number of fused-ring (bicyclic) bond motifs is 2. The van der Waals surface area contributed by atoms with E-state index in [2.05, 4.69) is 17.1 Å². The Hall–Kier alpha value is -3.13. The van der Waals surface area contributed by atoms with Crippen LogP contribution in [-0.4, -0.2) is 57.5 Å². The van der Waals surface area contributed by atoms with Crippen LogP contribution >= 0.6 is 0 Å². The highest BCUT2D eigenvalue weighted by molar-refractivity contribution is 6.03. The van der Waals surface area contributed by atoms with Crippen LogP contribution in [0.1, 0.15) is 29.2 Å². The number of hydrogen-bond acceptors (Lipinski definition) is 8. The van der Waals surface area contributed by atoms with E-state index in [0.717, 1.165) is 24.1 Å². The molecule has 1 atom stereocenters. The zero-order valence-electron chi connectivity index (χ0n) is 17.6. The van der Waals surface area contributed by atoms with Crippen LogP contribution in [0.25, 0.3) is 0 Å². The highest BCUT2D eigenvalue weighted by atomic mass is 16.7. The largest absolute Gasteiger partial charge is 0.497 e. The fourth-order valence-corrected chi connectivity index (χ4v) is 4.21. The van der Waals surface area contributed by atoms with Crippen molar-refractivity contribution >= 4 is 5.71 Å². The topological polar surface area (TPSA) is 82.0 Å². The summed E-state index contributed by atoms with van der Waals surface area (Å²) < 4.78 is 27.8. The van der Waals surface area contributed by atoms with Gasteiger partial charge < -0.3 is 28.9 Å². The molecule has 1 N–H and O–H groups in total. The van der Waals surface area contributed by atoms with Gasteiger partial charge in [-0.05, 0) is 37.2 Å². The Bertz CT molecular complexity index is 975. The molecule has 2 aromatic rings. The minimum Gasteiger partial charge on any atom is -0.497 e. The Kier molecular flexibility index (Phi) is 5.59. The molecule has 0 saturated heterocycles. The van der Waals surface area contributed by atoms with Gasteiger partial charge in [0.05, 0.1) is 27.0 Å². The molecular weight excluding hydrogens is 388 g/mol. The molecule has 0 amide bonds. The van der Waals surface area contributed by atoms with E-state index in [-0.39, 0.29) is 12.8 Å². The third-order valence-electron chi connectivity index (χ3n) is 5.77. The van der Waals surface area contributed by atoms with Crippen molar-refractivity contribution in [1.82, 2.24) is 4.90 Å². The van der Waals surface area contributed by atoms with E-state index in [1.807, 2.05) is 18.2 Å². The molecule has 4 rings (SSSR count). The first-order valence-electron chi connectivity index (χ1n) is 9.74. The second-order valence-electron chi connectivity index (χ2n) is 7.28. The van der Waals surface area contributed by atoms with Crippen LogP contribution in [0, 0.1) is 0 Å². The van der Waals surface area contributed by atoms with Crippen molar-refractivity contribution in [3.05, 3.63) is 41.0 Å². The Labute approximate surface area is 175 Å². The zero-order chi connectivity index (χ0) is 21.3. The smallest absolute Gasteiger partial charge is 0.231 e. The van der Waals surface area contributed by atoms with Crippen molar-refractivity contribution in [3.8, 4) is 28.7 Å². The normalized spacial score (nSPS) is 18.1. The van der Waals surface area contributed by atoms with Crippen molar-refractivity contribution in [1.29, 1.82) is 0 Å². The van der Waals surface area contributed by atoms with Crippen LogP contribution in [0.2, 0.25) is 0 Å². The Morgan fingerprint density at radius 1 is 1.17 bits per heavy atom. The molecule has 0 bridgehead atoms. The third kappa shape index (κ3) is 3.37. The van der Waals surface area contributed by atoms with E-state index in [0.29, 0.717) is 46.4 Å². The van der Waals surface area contributed by atoms with Gasteiger partial charge in [-0.1, -0.05) is 5.16 Å². The summed E-state index contributed by atoms with van der Waals surface area (Å²) in [5.41, 5.74) is 3.40. The second kappa shape index (κ2) is 8.31. The fraction of sp³-hybridized carbons (Fsp3) is 0.409. The quantitative estimate of drug-likeness (QED) is 0.441. The van der Waals surface area contributed by atoms with Gasteiger partial charge in [0, 0.05) is 36.2 Å². The molecular formula is C22H26N2O6. The van der Waals surface area contributed by atoms with Gasteiger partial charge in [0.15, 0.2) is 11.5 Å². The summed E-state index contributed by atoms with van der Waals surface area (Å²) in [4.78, 5) is 2.23. The predicted octanol–water partition coefficient (Wildman–Crippen LogP) is 3.24. The molecule has 2 aliphatic rings. The van der Waals surface area contributed by atoms with Crippen LogP contribution in [0.5, 0.6) is 28.7 Å². The molecule has 30 heavy (non-hydrogen) atoms. The second-order valence-corrected chi connectivity index (χ2v) is 7.28. The molecule has 8 nitrogen and oxygen atoms in total. The minimum atomic E-state index is -0.0732. The lowest BCUT2D eigenvalue weighted by atomic mass is 9.87. The van der Waals surface area contributed by atoms with E-state index >= 15 is 0 Å². The van der Waals surface area contributed by atoms with Gasteiger partial charge in [-0.2, -0.15) is 0 Å². The van der Waals surface area contributed by atoms with E-state index < -0.39 is 0 Å². The molecule has 0 aromatic heterocycles. The van der Waals surface area contributed by atoms with Crippen molar-refractivity contribution < 1.29 is 28.9 Å². The maximum atomic E-state index is 9.88. The third-order valence-corrected chi connectivity index (χ3v) is 5.77. The van der Waals surface area contributed by atoms with Crippen molar-refractivity contribution in [3.63, 3.8) is 0 Å². The Balaban J connectivity index is 1.75. The molecule has 0 radical (unpaired) electrons. The van der Waals surface area contributed by atoms with Gasteiger partial charge in [0.1, 0.15) is 11.5 Å². The van der Waals surface area contributed by atoms with E-state index in [9.17, 15) is 5.21 Å². The van der Waals surface area contributed by atoms with E-state index in [1.165, 1.54) is 0 Å². The summed E-state index contributed by atoms with van der Waals surface area (Å²) in [6.07, 6.45) is 1.32. The van der Waals surface area contributed by atoms with Crippen molar-refractivity contribution in [2.75, 3.05) is 41.7 Å². The zero-order valence-corrected chi connectivity index (χ0v) is 17.6.